The molecule has 1 amide bonds. The van der Waals surface area contributed by atoms with Crippen molar-refractivity contribution in [2.75, 3.05) is 0 Å². The second kappa shape index (κ2) is 6.42. The third kappa shape index (κ3) is 3.37. The van der Waals surface area contributed by atoms with E-state index in [2.05, 4.69) is 5.32 Å². The van der Waals surface area contributed by atoms with Crippen LogP contribution < -0.4 is 5.32 Å². The first-order valence-electron chi connectivity index (χ1n) is 7.27. The Kier molecular flexibility index (Phi) is 4.35. The van der Waals surface area contributed by atoms with E-state index in [9.17, 15) is 9.18 Å². The summed E-state index contributed by atoms with van der Waals surface area (Å²) >= 11 is 5.90. The van der Waals surface area contributed by atoms with Crippen LogP contribution in [0.25, 0.3) is 11.0 Å². The van der Waals surface area contributed by atoms with Gasteiger partial charge in [0.1, 0.15) is 17.2 Å². The molecule has 0 spiro atoms. The van der Waals surface area contributed by atoms with Crippen LogP contribution in [0.1, 0.15) is 23.0 Å². The van der Waals surface area contributed by atoms with Crippen LogP contribution in [0.2, 0.25) is 5.02 Å². The highest BCUT2D eigenvalue weighted by Crippen LogP contribution is 2.21. The summed E-state index contributed by atoms with van der Waals surface area (Å²) in [6.07, 6.45) is 0.506. The van der Waals surface area contributed by atoms with Gasteiger partial charge in [0.15, 0.2) is 0 Å². The maximum absolute atomic E-state index is 13.8. The molecule has 3 aromatic rings. The lowest BCUT2D eigenvalue weighted by Crippen LogP contribution is -2.34. The number of benzene rings is 2. The van der Waals surface area contributed by atoms with Crippen LogP contribution in [-0.4, -0.2) is 11.9 Å². The first-order chi connectivity index (χ1) is 11.0. The van der Waals surface area contributed by atoms with Gasteiger partial charge in [-0.2, -0.15) is 0 Å². The molecule has 0 aliphatic rings. The highest BCUT2D eigenvalue weighted by Gasteiger charge is 2.18. The predicted molar refractivity (Wildman–Crippen MR) is 88.3 cm³/mol. The van der Waals surface area contributed by atoms with Gasteiger partial charge in [-0.25, -0.2) is 4.39 Å². The van der Waals surface area contributed by atoms with Crippen molar-refractivity contribution in [1.29, 1.82) is 0 Å². The lowest BCUT2D eigenvalue weighted by atomic mass is 10.1. The molecule has 1 heterocycles. The van der Waals surface area contributed by atoms with E-state index in [0.717, 1.165) is 16.7 Å². The summed E-state index contributed by atoms with van der Waals surface area (Å²) in [7, 11) is 0. The fraction of sp³-hybridized carbons (Fsp3) is 0.167. The molecule has 23 heavy (non-hydrogen) atoms. The molecule has 0 saturated heterocycles. The maximum atomic E-state index is 13.8. The Labute approximate surface area is 138 Å². The van der Waals surface area contributed by atoms with Crippen molar-refractivity contribution in [1.82, 2.24) is 5.32 Å². The largest absolute Gasteiger partial charge is 0.461 e. The van der Waals surface area contributed by atoms with Gasteiger partial charge >= 0.3 is 0 Å². The molecule has 0 unspecified atom stereocenters. The summed E-state index contributed by atoms with van der Waals surface area (Å²) < 4.78 is 19.5. The zero-order chi connectivity index (χ0) is 16.4. The Morgan fingerprint density at radius 1 is 1.26 bits per heavy atom. The number of fused-ring (bicyclic) bond motifs is 1. The molecule has 5 heteroatoms. The zero-order valence-electron chi connectivity index (χ0n) is 12.5. The average molecular weight is 332 g/mol. The van der Waals surface area contributed by atoms with Crippen LogP contribution in [0.5, 0.6) is 0 Å². The third-order valence-electron chi connectivity index (χ3n) is 3.55. The second-order valence-electron chi connectivity index (χ2n) is 5.43. The zero-order valence-corrected chi connectivity index (χ0v) is 13.2. The predicted octanol–water partition coefficient (Wildman–Crippen LogP) is 4.59. The topological polar surface area (TPSA) is 42.2 Å². The molecule has 0 bridgehead atoms. The minimum atomic E-state index is -0.633. The van der Waals surface area contributed by atoms with E-state index in [0.29, 0.717) is 6.42 Å². The molecule has 1 aromatic heterocycles. The van der Waals surface area contributed by atoms with E-state index in [4.69, 9.17) is 16.0 Å². The van der Waals surface area contributed by atoms with Gasteiger partial charge in [-0.05, 0) is 31.2 Å². The van der Waals surface area contributed by atoms with Crippen LogP contribution in [-0.2, 0) is 6.42 Å². The number of halogens is 2. The van der Waals surface area contributed by atoms with Crippen molar-refractivity contribution in [2.45, 2.75) is 19.4 Å². The third-order valence-corrected chi connectivity index (χ3v) is 3.87. The molecule has 1 atom stereocenters. The minimum Gasteiger partial charge on any atom is -0.461 e. The molecular weight excluding hydrogens is 317 g/mol. The molecule has 0 aliphatic heterocycles. The normalized spacial score (nSPS) is 12.3. The van der Waals surface area contributed by atoms with Gasteiger partial charge in [0.2, 0.25) is 0 Å². The van der Waals surface area contributed by atoms with E-state index in [1.807, 2.05) is 37.3 Å². The van der Waals surface area contributed by atoms with Crippen molar-refractivity contribution in [3.63, 3.8) is 0 Å². The molecular formula is C18H15ClFNO2. The van der Waals surface area contributed by atoms with Crippen LogP contribution in [0.15, 0.2) is 52.9 Å². The monoisotopic (exact) mass is 331 g/mol. The molecule has 118 valence electrons. The Hall–Kier alpha value is -2.33. The fourth-order valence-corrected chi connectivity index (χ4v) is 2.75. The second-order valence-corrected chi connectivity index (χ2v) is 5.83. The Morgan fingerprint density at radius 3 is 2.78 bits per heavy atom. The van der Waals surface area contributed by atoms with Crippen LogP contribution >= 0.6 is 11.6 Å². The summed E-state index contributed by atoms with van der Waals surface area (Å²) in [4.78, 5) is 12.2. The highest BCUT2D eigenvalue weighted by molar-refractivity contribution is 6.33. The summed E-state index contributed by atoms with van der Waals surface area (Å²) in [6.45, 7) is 1.83. The molecule has 2 aromatic carbocycles. The quantitative estimate of drug-likeness (QED) is 0.760. The van der Waals surface area contributed by atoms with E-state index >= 15 is 0 Å². The molecule has 3 rings (SSSR count). The number of hydrogen-bond donors (Lipinski definition) is 1. The minimum absolute atomic E-state index is 0.0958. The highest BCUT2D eigenvalue weighted by atomic mass is 35.5. The van der Waals surface area contributed by atoms with Crippen LogP contribution in [0.3, 0.4) is 0 Å². The maximum Gasteiger partial charge on any atom is 0.256 e. The van der Waals surface area contributed by atoms with Crippen molar-refractivity contribution in [3.8, 4) is 0 Å². The number of rotatable bonds is 4. The van der Waals surface area contributed by atoms with Crippen molar-refractivity contribution in [2.24, 2.45) is 0 Å². The summed E-state index contributed by atoms with van der Waals surface area (Å²) in [5, 5.41) is 3.86. The number of nitrogens with one attached hydrogen (secondary N) is 1. The average Bonchev–Trinajstić information content (AvgIpc) is 2.88. The Balaban J connectivity index is 1.71. The van der Waals surface area contributed by atoms with Crippen LogP contribution in [0, 0.1) is 5.82 Å². The number of furan rings is 1. The Morgan fingerprint density at radius 2 is 2.04 bits per heavy atom. The molecule has 0 saturated carbocycles. The number of carbonyl (C=O) groups is 1. The molecule has 0 fully saturated rings. The number of para-hydroxylation sites is 1. The molecule has 1 N–H and O–H groups in total. The van der Waals surface area contributed by atoms with Gasteiger partial charge in [-0.3, -0.25) is 4.79 Å². The fourth-order valence-electron chi connectivity index (χ4n) is 2.50. The number of amides is 1. The van der Waals surface area contributed by atoms with Gasteiger partial charge in [0.05, 0.1) is 10.6 Å². The van der Waals surface area contributed by atoms with E-state index in [-0.39, 0.29) is 16.6 Å². The van der Waals surface area contributed by atoms with Gasteiger partial charge in [-0.1, -0.05) is 35.9 Å². The smallest absolute Gasteiger partial charge is 0.256 e. The SMILES string of the molecule is C[C@H](Cc1cc2ccccc2o1)NC(=O)c1c(F)cccc1Cl. The lowest BCUT2D eigenvalue weighted by molar-refractivity contribution is 0.0935. The summed E-state index contributed by atoms with van der Waals surface area (Å²) in [6, 6.07) is 13.6. The van der Waals surface area contributed by atoms with Gasteiger partial charge in [-0.15, -0.1) is 0 Å². The van der Waals surface area contributed by atoms with E-state index in [1.165, 1.54) is 18.2 Å². The van der Waals surface area contributed by atoms with E-state index in [1.54, 1.807) is 0 Å². The van der Waals surface area contributed by atoms with Gasteiger partial charge < -0.3 is 9.73 Å². The standard InChI is InChI=1S/C18H15ClFNO2/c1-11(9-13-10-12-5-2-3-8-16(12)23-13)21-18(22)17-14(19)6-4-7-15(17)20/h2-8,10-11H,9H2,1H3,(H,21,22)/t11-/m1/s1. The summed E-state index contributed by atoms with van der Waals surface area (Å²) in [5.41, 5.74) is 0.670. The van der Waals surface area contributed by atoms with E-state index < -0.39 is 11.7 Å². The van der Waals surface area contributed by atoms with Crippen LogP contribution in [0.4, 0.5) is 4.39 Å². The van der Waals surface area contributed by atoms with Gasteiger partial charge in [0, 0.05) is 17.8 Å². The van der Waals surface area contributed by atoms with Crippen molar-refractivity contribution in [3.05, 3.63) is 70.7 Å². The van der Waals surface area contributed by atoms with Gasteiger partial charge in [0.25, 0.3) is 5.91 Å². The first kappa shape index (κ1) is 15.6. The molecule has 3 nitrogen and oxygen atoms in total. The van der Waals surface area contributed by atoms with Crippen molar-refractivity contribution < 1.29 is 13.6 Å². The number of hydrogen-bond acceptors (Lipinski definition) is 2. The molecule has 0 radical (unpaired) electrons. The lowest BCUT2D eigenvalue weighted by Gasteiger charge is -2.13. The molecule has 0 aliphatic carbocycles. The number of carbonyl (C=O) groups excluding carboxylic acids is 1. The first-order valence-corrected chi connectivity index (χ1v) is 7.64. The van der Waals surface area contributed by atoms with Crippen molar-refractivity contribution >= 4 is 28.5 Å². The summed E-state index contributed by atoms with van der Waals surface area (Å²) in [5.74, 6) is -0.402. The Bertz CT molecular complexity index is 806.